The molecule has 0 spiro atoms. The Balaban J connectivity index is 2.11. The van der Waals surface area contributed by atoms with E-state index in [-0.39, 0.29) is 5.69 Å². The molecule has 0 unspecified atom stereocenters. The molecule has 3 rings (SSSR count). The number of benzene rings is 1. The summed E-state index contributed by atoms with van der Waals surface area (Å²) in [5.41, 5.74) is 1.86. The van der Waals surface area contributed by atoms with Gasteiger partial charge in [-0.05, 0) is 37.1 Å². The Hall–Kier alpha value is -1.62. The number of nitrogens with zero attached hydrogens (tertiary/aromatic N) is 2. The lowest BCUT2D eigenvalue weighted by Crippen LogP contribution is -2.07. The first-order valence-electron chi connectivity index (χ1n) is 5.74. The highest BCUT2D eigenvalue weighted by Crippen LogP contribution is 2.39. The topological polar surface area (TPSA) is 55.1 Å². The predicted molar refractivity (Wildman–Crippen MR) is 70.2 cm³/mol. The van der Waals surface area contributed by atoms with E-state index >= 15 is 0 Å². The Morgan fingerprint density at radius 3 is 2.78 bits per heavy atom. The molecule has 1 heterocycles. The summed E-state index contributed by atoms with van der Waals surface area (Å²) in [6.07, 6.45) is 2.21. The summed E-state index contributed by atoms with van der Waals surface area (Å²) in [6.45, 7) is 0. The van der Waals surface area contributed by atoms with Crippen molar-refractivity contribution in [3.05, 3.63) is 46.2 Å². The maximum absolute atomic E-state index is 11.3. The van der Waals surface area contributed by atoms with Crippen molar-refractivity contribution in [3.63, 3.8) is 0 Å². The average Bonchev–Trinajstić information content (AvgIpc) is 3.08. The third kappa shape index (κ3) is 2.06. The summed E-state index contributed by atoms with van der Waals surface area (Å²) in [4.78, 5) is 11.3. The van der Waals surface area contributed by atoms with Gasteiger partial charge in [0.1, 0.15) is 0 Å². The fourth-order valence-corrected chi connectivity index (χ4v) is 2.32. The van der Waals surface area contributed by atoms with Crippen LogP contribution in [0.4, 0.5) is 0 Å². The minimum absolute atomic E-state index is 0.218. The van der Waals surface area contributed by atoms with Gasteiger partial charge >= 0.3 is 5.97 Å². The van der Waals surface area contributed by atoms with E-state index in [9.17, 15) is 9.90 Å². The van der Waals surface area contributed by atoms with Gasteiger partial charge in [0.05, 0.1) is 11.4 Å². The molecule has 4 nitrogen and oxygen atoms in total. The van der Waals surface area contributed by atoms with Crippen LogP contribution < -0.4 is 0 Å². The van der Waals surface area contributed by atoms with Crippen LogP contribution in [0.25, 0.3) is 5.69 Å². The van der Waals surface area contributed by atoms with Crippen LogP contribution in [0.5, 0.6) is 0 Å². The monoisotopic (exact) mass is 306 g/mol. The molecule has 1 fully saturated rings. The third-order valence-electron chi connectivity index (χ3n) is 3.00. The lowest BCUT2D eigenvalue weighted by atomic mass is 10.2. The molecule has 0 atom stereocenters. The smallest absolute Gasteiger partial charge is 0.354 e. The van der Waals surface area contributed by atoms with Gasteiger partial charge in [0, 0.05) is 10.4 Å². The SMILES string of the molecule is O=C(O)c1cc(C2CC2)nn1-c1cccc(Br)c1. The maximum atomic E-state index is 11.3. The summed E-state index contributed by atoms with van der Waals surface area (Å²) >= 11 is 3.38. The quantitative estimate of drug-likeness (QED) is 0.947. The molecule has 5 heteroatoms. The highest BCUT2D eigenvalue weighted by atomic mass is 79.9. The lowest BCUT2D eigenvalue weighted by molar-refractivity contribution is 0.0687. The van der Waals surface area contributed by atoms with Gasteiger partial charge in [-0.1, -0.05) is 22.0 Å². The highest BCUT2D eigenvalue weighted by Gasteiger charge is 2.28. The standard InChI is InChI=1S/C13H11BrN2O2/c14-9-2-1-3-10(6-9)16-12(13(17)18)7-11(15-16)8-4-5-8/h1-3,6-8H,4-5H2,(H,17,18). The van der Waals surface area contributed by atoms with E-state index in [0.29, 0.717) is 5.92 Å². The zero-order valence-corrected chi connectivity index (χ0v) is 11.1. The molecule has 18 heavy (non-hydrogen) atoms. The van der Waals surface area contributed by atoms with Crippen LogP contribution in [0.1, 0.15) is 34.9 Å². The number of hydrogen-bond donors (Lipinski definition) is 1. The van der Waals surface area contributed by atoms with E-state index in [0.717, 1.165) is 28.7 Å². The van der Waals surface area contributed by atoms with Gasteiger partial charge in [0.2, 0.25) is 0 Å². The van der Waals surface area contributed by atoms with Crippen molar-refractivity contribution in [2.45, 2.75) is 18.8 Å². The minimum Gasteiger partial charge on any atom is -0.477 e. The molecule has 0 bridgehead atoms. The number of aromatic nitrogens is 2. The molecular formula is C13H11BrN2O2. The van der Waals surface area contributed by atoms with Crippen molar-refractivity contribution < 1.29 is 9.90 Å². The predicted octanol–water partition coefficient (Wildman–Crippen LogP) is 3.21. The van der Waals surface area contributed by atoms with Crippen LogP contribution in [-0.2, 0) is 0 Å². The number of hydrogen-bond acceptors (Lipinski definition) is 2. The molecule has 2 aromatic rings. The molecule has 92 valence electrons. The summed E-state index contributed by atoms with van der Waals surface area (Å²) in [7, 11) is 0. The van der Waals surface area contributed by atoms with Crippen molar-refractivity contribution in [1.82, 2.24) is 9.78 Å². The zero-order chi connectivity index (χ0) is 12.7. The number of carbonyl (C=O) groups is 1. The number of aromatic carboxylic acids is 1. The minimum atomic E-state index is -0.950. The van der Waals surface area contributed by atoms with Crippen molar-refractivity contribution in [2.24, 2.45) is 0 Å². The molecular weight excluding hydrogens is 296 g/mol. The summed E-state index contributed by atoms with van der Waals surface area (Å²) in [5.74, 6) is -0.508. The van der Waals surface area contributed by atoms with E-state index in [1.807, 2.05) is 24.3 Å². The van der Waals surface area contributed by atoms with Crippen LogP contribution in [0.15, 0.2) is 34.8 Å². The number of carboxylic acids is 1. The van der Waals surface area contributed by atoms with E-state index in [1.165, 1.54) is 4.68 Å². The summed E-state index contributed by atoms with van der Waals surface area (Å²) in [5, 5.41) is 13.7. The van der Waals surface area contributed by atoms with Crippen LogP contribution in [0.2, 0.25) is 0 Å². The van der Waals surface area contributed by atoms with E-state index in [2.05, 4.69) is 21.0 Å². The van der Waals surface area contributed by atoms with Crippen LogP contribution >= 0.6 is 15.9 Å². The van der Waals surface area contributed by atoms with Crippen LogP contribution in [0, 0.1) is 0 Å². The van der Waals surface area contributed by atoms with Crippen LogP contribution in [-0.4, -0.2) is 20.9 Å². The molecule has 1 saturated carbocycles. The first kappa shape index (κ1) is 11.5. The van der Waals surface area contributed by atoms with Gasteiger partial charge in [-0.3, -0.25) is 0 Å². The van der Waals surface area contributed by atoms with Crippen molar-refractivity contribution >= 4 is 21.9 Å². The molecule has 1 N–H and O–H groups in total. The largest absolute Gasteiger partial charge is 0.477 e. The fraction of sp³-hybridized carbons (Fsp3) is 0.231. The summed E-state index contributed by atoms with van der Waals surface area (Å²) < 4.78 is 2.40. The number of halogens is 1. The van der Waals surface area contributed by atoms with E-state index < -0.39 is 5.97 Å². The molecule has 0 radical (unpaired) electrons. The molecule has 1 aliphatic carbocycles. The second-order valence-electron chi connectivity index (χ2n) is 4.43. The molecule has 1 aromatic carbocycles. The second-order valence-corrected chi connectivity index (χ2v) is 5.34. The lowest BCUT2D eigenvalue weighted by Gasteiger charge is -2.04. The van der Waals surface area contributed by atoms with E-state index in [4.69, 9.17) is 0 Å². The van der Waals surface area contributed by atoms with Crippen molar-refractivity contribution in [3.8, 4) is 5.69 Å². The average molecular weight is 307 g/mol. The van der Waals surface area contributed by atoms with Crippen molar-refractivity contribution in [1.29, 1.82) is 0 Å². The fourth-order valence-electron chi connectivity index (χ4n) is 1.94. The van der Waals surface area contributed by atoms with Gasteiger partial charge in [-0.2, -0.15) is 5.10 Å². The maximum Gasteiger partial charge on any atom is 0.354 e. The Kier molecular flexibility index (Phi) is 2.70. The van der Waals surface area contributed by atoms with Gasteiger partial charge in [0.15, 0.2) is 5.69 Å². The number of carboxylic acid groups (broad SMARTS) is 1. The molecule has 1 aliphatic rings. The van der Waals surface area contributed by atoms with Crippen molar-refractivity contribution in [2.75, 3.05) is 0 Å². The molecule has 0 saturated heterocycles. The Morgan fingerprint density at radius 2 is 2.17 bits per heavy atom. The van der Waals surface area contributed by atoms with Gasteiger partial charge in [0.25, 0.3) is 0 Å². The second kappa shape index (κ2) is 4.24. The first-order chi connectivity index (χ1) is 8.65. The first-order valence-corrected chi connectivity index (χ1v) is 6.53. The molecule has 0 amide bonds. The van der Waals surface area contributed by atoms with Gasteiger partial charge in [-0.25, -0.2) is 9.48 Å². The highest BCUT2D eigenvalue weighted by molar-refractivity contribution is 9.10. The Labute approximate surface area is 112 Å². The van der Waals surface area contributed by atoms with Crippen LogP contribution in [0.3, 0.4) is 0 Å². The molecule has 0 aliphatic heterocycles. The Morgan fingerprint density at radius 1 is 1.39 bits per heavy atom. The normalized spacial score (nSPS) is 14.7. The van der Waals surface area contributed by atoms with E-state index in [1.54, 1.807) is 6.07 Å². The Bertz CT molecular complexity index is 617. The summed E-state index contributed by atoms with van der Waals surface area (Å²) in [6, 6.07) is 9.15. The van der Waals surface area contributed by atoms with Gasteiger partial charge in [-0.15, -0.1) is 0 Å². The molecule has 1 aromatic heterocycles. The zero-order valence-electron chi connectivity index (χ0n) is 9.51. The third-order valence-corrected chi connectivity index (χ3v) is 3.49. The van der Waals surface area contributed by atoms with Gasteiger partial charge < -0.3 is 5.11 Å². The number of rotatable bonds is 3.